The van der Waals surface area contributed by atoms with Gasteiger partial charge in [-0.15, -0.1) is 0 Å². The summed E-state index contributed by atoms with van der Waals surface area (Å²) in [6.07, 6.45) is -21.2. The molecule has 13 N–H and O–H groups in total. The Balaban J connectivity index is 1.03. The van der Waals surface area contributed by atoms with Gasteiger partial charge in [0.1, 0.15) is 78.8 Å². The predicted octanol–water partition coefficient (Wildman–Crippen LogP) is -2.04. The van der Waals surface area contributed by atoms with Gasteiger partial charge in [0.25, 0.3) is 0 Å². The summed E-state index contributed by atoms with van der Waals surface area (Å²) in [5.74, 6) is -0.490. The Bertz CT molecular complexity index is 1790. The SMILES string of the molecule is C[C@H](CCC(=O)C(C)(C)O)[C@H]1[C@@H](O)C[C@@]2(C)[C@@H]3[C@@H](O)C[C@H]4C(C)(C)[C@@H](O[C@@H]5O[C@H](CO[C@@H]6O[C@H](CO)[C@@H](O)[C@H](O)[C@H]6O)[C@@H](O)[C@H](O)[C@H]5O[C@@H]5O[C@H](CO)[C@@H](O)[C@H](O)[C@H]5O)CC[C@@]45C[C@@]35CC[C@]12C. The molecule has 26 atom stereocenters. The number of ether oxygens (including phenoxy) is 6. The number of Topliss-reactive ketones (excluding diaryl/α,β-unsaturated/α-hetero) is 1. The third kappa shape index (κ3) is 8.28. The van der Waals surface area contributed by atoms with Crippen molar-refractivity contribution in [3.05, 3.63) is 0 Å². The highest BCUT2D eigenvalue weighted by Crippen LogP contribution is 2.89. The van der Waals surface area contributed by atoms with Crippen LogP contribution in [0.15, 0.2) is 0 Å². The number of carbonyl (C=O) groups excluding carboxylic acids is 1. The molecule has 3 aliphatic heterocycles. The zero-order valence-electron chi connectivity index (χ0n) is 40.4. The molecular formula is C48H80O20. The molecule has 0 bridgehead atoms. The van der Waals surface area contributed by atoms with E-state index in [2.05, 4.69) is 34.6 Å². The minimum Gasteiger partial charge on any atom is -0.394 e. The fraction of sp³-hybridized carbons (Fsp3) is 0.979. The average molecular weight is 977 g/mol. The largest absolute Gasteiger partial charge is 0.394 e. The summed E-state index contributed by atoms with van der Waals surface area (Å²) in [5.41, 5.74) is -3.19. The van der Waals surface area contributed by atoms with Crippen LogP contribution in [0.1, 0.15) is 106 Å². The Hall–Kier alpha value is -1.09. The second-order valence-corrected chi connectivity index (χ2v) is 23.8. The van der Waals surface area contributed by atoms with Gasteiger partial charge in [0.15, 0.2) is 24.7 Å². The van der Waals surface area contributed by atoms with E-state index < -0.39 is 147 Å². The van der Waals surface area contributed by atoms with Crippen LogP contribution in [0.3, 0.4) is 0 Å². The van der Waals surface area contributed by atoms with Crippen molar-refractivity contribution < 1.29 is 99.6 Å². The first-order valence-electron chi connectivity index (χ1n) is 24.8. The molecule has 5 saturated carbocycles. The molecule has 3 heterocycles. The van der Waals surface area contributed by atoms with Crippen LogP contribution in [-0.2, 0) is 33.2 Å². The van der Waals surface area contributed by atoms with Gasteiger partial charge in [-0.1, -0.05) is 34.6 Å². The van der Waals surface area contributed by atoms with E-state index in [1.54, 1.807) is 0 Å². The average Bonchev–Trinajstić information content (AvgIpc) is 3.87. The second kappa shape index (κ2) is 18.7. The number of ketones is 1. The maximum absolute atomic E-state index is 12.7. The van der Waals surface area contributed by atoms with E-state index in [0.717, 1.165) is 25.7 Å². The zero-order valence-corrected chi connectivity index (χ0v) is 40.4. The topological polar surface area (TPSA) is 335 Å². The Labute approximate surface area is 397 Å². The van der Waals surface area contributed by atoms with Crippen LogP contribution in [0.5, 0.6) is 0 Å². The Morgan fingerprint density at radius 1 is 0.676 bits per heavy atom. The van der Waals surface area contributed by atoms with Crippen LogP contribution in [0.4, 0.5) is 0 Å². The standard InChI is InChI=1S/C48H80O20/c1-20(8-9-27(53)44(4,5)62)29-22(52)15-46(7)39-21(51)14-26-43(2,3)28(10-11-47(26)19-48(39,47)13-12-45(29,46)6)67-42-38(68-41-37(61)34(58)31(55)24(17-50)65-41)35(59)32(56)25(66-42)18-63-40-36(60)33(57)30(54)23(16-49)64-40/h20-26,28-42,49-52,54-62H,8-19H2,1-7H3/t20-,21+,22+,23-,24-,25-,26+,28+,29+,30-,31-,32-,33+,34+,35+,36-,37-,38-,39+,40-,41+,42+,45-,46+,47-,48+/m1/s1. The first-order chi connectivity index (χ1) is 31.6. The van der Waals surface area contributed by atoms with Crippen LogP contribution in [0.25, 0.3) is 0 Å². The predicted molar refractivity (Wildman–Crippen MR) is 233 cm³/mol. The minimum atomic E-state index is -1.87. The first kappa shape index (κ1) is 53.2. The molecule has 2 spiro atoms. The molecule has 8 rings (SSSR count). The molecule has 392 valence electrons. The molecule has 0 aromatic carbocycles. The van der Waals surface area contributed by atoms with Gasteiger partial charge in [-0.2, -0.15) is 0 Å². The molecule has 20 heteroatoms. The lowest BCUT2D eigenvalue weighted by Crippen LogP contribution is -2.66. The number of hydrogen-bond donors (Lipinski definition) is 13. The molecular weight excluding hydrogens is 897 g/mol. The lowest BCUT2D eigenvalue weighted by Gasteiger charge is -2.64. The normalized spacial score (nSPS) is 53.7. The molecule has 0 aromatic rings. The van der Waals surface area contributed by atoms with E-state index in [1.807, 2.05) is 0 Å². The van der Waals surface area contributed by atoms with E-state index in [-0.39, 0.29) is 52.1 Å². The van der Waals surface area contributed by atoms with E-state index in [9.17, 15) is 71.2 Å². The molecule has 68 heavy (non-hydrogen) atoms. The zero-order chi connectivity index (χ0) is 50.0. The maximum Gasteiger partial charge on any atom is 0.187 e. The van der Waals surface area contributed by atoms with E-state index in [0.29, 0.717) is 25.7 Å². The first-order valence-corrected chi connectivity index (χ1v) is 24.8. The molecule has 8 fully saturated rings. The lowest BCUT2D eigenvalue weighted by molar-refractivity contribution is -0.382. The van der Waals surface area contributed by atoms with Gasteiger partial charge in [0, 0.05) is 6.42 Å². The van der Waals surface area contributed by atoms with Crippen molar-refractivity contribution in [3.8, 4) is 0 Å². The van der Waals surface area contributed by atoms with Crippen molar-refractivity contribution in [2.24, 2.45) is 50.7 Å². The Morgan fingerprint density at radius 2 is 1.25 bits per heavy atom. The van der Waals surface area contributed by atoms with E-state index in [1.165, 1.54) is 13.8 Å². The van der Waals surface area contributed by atoms with Gasteiger partial charge < -0.3 is 94.8 Å². The van der Waals surface area contributed by atoms with Crippen molar-refractivity contribution in [1.82, 2.24) is 0 Å². The number of fused-ring (bicyclic) bond motifs is 2. The van der Waals surface area contributed by atoms with Crippen molar-refractivity contribution in [2.45, 2.75) is 222 Å². The summed E-state index contributed by atoms with van der Waals surface area (Å²) >= 11 is 0. The highest BCUT2D eigenvalue weighted by atomic mass is 16.8. The number of rotatable bonds is 14. The quantitative estimate of drug-likeness (QED) is 0.0834. The summed E-state index contributed by atoms with van der Waals surface area (Å²) in [7, 11) is 0. The van der Waals surface area contributed by atoms with Gasteiger partial charge in [0.2, 0.25) is 0 Å². The number of carbonyl (C=O) groups is 1. The summed E-state index contributed by atoms with van der Waals surface area (Å²) in [6.45, 7) is 11.7. The van der Waals surface area contributed by atoms with Crippen molar-refractivity contribution in [2.75, 3.05) is 19.8 Å². The summed E-state index contributed by atoms with van der Waals surface area (Å²) < 4.78 is 36.1. The molecule has 20 nitrogen and oxygen atoms in total. The number of aliphatic hydroxyl groups is 13. The van der Waals surface area contributed by atoms with Gasteiger partial charge in [-0.3, -0.25) is 4.79 Å². The fourth-order valence-electron chi connectivity index (χ4n) is 15.7. The van der Waals surface area contributed by atoms with Gasteiger partial charge in [-0.05, 0) is 116 Å². The lowest BCUT2D eigenvalue weighted by atomic mass is 9.41. The highest BCUT2D eigenvalue weighted by molar-refractivity contribution is 5.86. The summed E-state index contributed by atoms with van der Waals surface area (Å²) in [5, 5.41) is 141. The van der Waals surface area contributed by atoms with Crippen LogP contribution < -0.4 is 0 Å². The van der Waals surface area contributed by atoms with Crippen LogP contribution in [0, 0.1) is 50.7 Å². The second-order valence-electron chi connectivity index (χ2n) is 23.8. The Kier molecular flexibility index (Phi) is 14.6. The molecule has 0 radical (unpaired) electrons. The van der Waals surface area contributed by atoms with Gasteiger partial charge in [-0.25, -0.2) is 0 Å². The van der Waals surface area contributed by atoms with Crippen LogP contribution in [-0.4, -0.2) is 208 Å². The fourth-order valence-corrected chi connectivity index (χ4v) is 15.7. The van der Waals surface area contributed by atoms with Crippen molar-refractivity contribution >= 4 is 5.78 Å². The molecule has 0 unspecified atom stereocenters. The smallest absolute Gasteiger partial charge is 0.187 e. The van der Waals surface area contributed by atoms with Gasteiger partial charge in [0.05, 0.1) is 38.1 Å². The maximum atomic E-state index is 12.7. The number of aliphatic hydroxyl groups excluding tert-OH is 12. The monoisotopic (exact) mass is 977 g/mol. The number of hydrogen-bond acceptors (Lipinski definition) is 20. The van der Waals surface area contributed by atoms with Crippen LogP contribution in [0.2, 0.25) is 0 Å². The molecule has 0 aromatic heterocycles. The molecule has 0 amide bonds. The Morgan fingerprint density at radius 3 is 1.85 bits per heavy atom. The molecule has 8 aliphatic rings. The van der Waals surface area contributed by atoms with Crippen molar-refractivity contribution in [1.29, 1.82) is 0 Å². The van der Waals surface area contributed by atoms with E-state index >= 15 is 0 Å². The summed E-state index contributed by atoms with van der Waals surface area (Å²) in [6, 6.07) is 0. The third-order valence-corrected chi connectivity index (χ3v) is 19.5. The van der Waals surface area contributed by atoms with Crippen molar-refractivity contribution in [3.63, 3.8) is 0 Å². The molecule has 5 aliphatic carbocycles. The van der Waals surface area contributed by atoms with E-state index in [4.69, 9.17) is 28.4 Å². The third-order valence-electron chi connectivity index (χ3n) is 19.5. The van der Waals surface area contributed by atoms with Gasteiger partial charge >= 0.3 is 0 Å². The highest BCUT2D eigenvalue weighted by Gasteiger charge is 2.84. The minimum absolute atomic E-state index is 0.000576. The summed E-state index contributed by atoms with van der Waals surface area (Å²) in [4.78, 5) is 12.7. The van der Waals surface area contributed by atoms with Crippen LogP contribution >= 0.6 is 0 Å². The molecule has 3 saturated heterocycles.